The van der Waals surface area contributed by atoms with Crippen LogP contribution in [-0.4, -0.2) is 24.2 Å². The molecule has 12 heteroatoms. The van der Waals surface area contributed by atoms with Gasteiger partial charge in [0.15, 0.2) is 7.57 Å². The van der Waals surface area contributed by atoms with Crippen molar-refractivity contribution in [1.82, 2.24) is 0 Å². The molecular formula is C12H6Br5Cl3O3S. The third-order valence-corrected chi connectivity index (χ3v) is 17.3. The van der Waals surface area contributed by atoms with Crippen LogP contribution in [0.4, 0.5) is 0 Å². The predicted molar refractivity (Wildman–Crippen MR) is 117 cm³/mol. The number of allylic oxidation sites excluding steroid dienone is 1. The normalized spacial score (nSPS) is 40.7. The first-order valence-electron chi connectivity index (χ1n) is 5.89. The second-order valence-corrected chi connectivity index (χ2v) is 14.9. The Kier molecular flexibility index (Phi) is 6.43. The molecule has 3 nitrogen and oxygen atoms in total. The van der Waals surface area contributed by atoms with E-state index in [0.717, 1.165) is 0 Å². The highest BCUT2D eigenvalue weighted by Crippen LogP contribution is 2.74. The van der Waals surface area contributed by atoms with Gasteiger partial charge in [-0.2, -0.15) is 8.42 Å². The summed E-state index contributed by atoms with van der Waals surface area (Å²) in [5.74, 6) is 0. The number of alkyl halides is 6. The van der Waals surface area contributed by atoms with E-state index in [1.54, 1.807) is 30.3 Å². The fourth-order valence-electron chi connectivity index (χ4n) is 2.29. The van der Waals surface area contributed by atoms with Crippen molar-refractivity contribution >= 4 is 125 Å². The highest BCUT2D eigenvalue weighted by molar-refractivity contribution is 9.17. The molecule has 1 aliphatic carbocycles. The molecular weight excluding hydrogens is 730 g/mol. The fraction of sp³-hybridized carbons (Fsp3) is 0.333. The average Bonchev–Trinajstić information content (AvgIpc) is 2.49. The lowest BCUT2D eigenvalue weighted by Gasteiger charge is -2.55. The summed E-state index contributed by atoms with van der Waals surface area (Å²) in [5, 5.41) is -0.116. The van der Waals surface area contributed by atoms with Gasteiger partial charge < -0.3 is 0 Å². The Morgan fingerprint density at radius 1 is 1.00 bits per heavy atom. The van der Waals surface area contributed by atoms with Crippen molar-refractivity contribution in [3.05, 3.63) is 45.4 Å². The van der Waals surface area contributed by atoms with Crippen molar-refractivity contribution < 1.29 is 13.0 Å². The van der Waals surface area contributed by atoms with Crippen LogP contribution in [0.3, 0.4) is 0 Å². The summed E-state index contributed by atoms with van der Waals surface area (Å²) in [5.41, 5.74) is 0.509. The first-order valence-corrected chi connectivity index (χ1v) is 12.4. The van der Waals surface area contributed by atoms with Crippen LogP contribution in [0.15, 0.2) is 39.8 Å². The zero-order valence-corrected chi connectivity index (χ0v) is 22.1. The molecule has 0 aliphatic heterocycles. The lowest BCUT2D eigenvalue weighted by Crippen LogP contribution is -2.66. The van der Waals surface area contributed by atoms with Gasteiger partial charge in [0, 0.05) is 4.48 Å². The quantitative estimate of drug-likeness (QED) is 0.270. The van der Waals surface area contributed by atoms with Gasteiger partial charge in [-0.05, 0) is 5.56 Å². The number of benzene rings is 1. The molecule has 4 atom stereocenters. The van der Waals surface area contributed by atoms with Gasteiger partial charge in [0.2, 0.25) is 3.66 Å². The Labute approximate surface area is 196 Å². The van der Waals surface area contributed by atoms with E-state index in [0.29, 0.717) is 5.56 Å². The third-order valence-electron chi connectivity index (χ3n) is 3.55. The molecule has 1 aliphatic rings. The SMILES string of the molecule is O=S(=O)(O)C1(Br)C(Br)=C(Cl)C(Cl)(Br)C(Br)(c2ccccc2)C1(Cl)Br. The average molecular weight is 736 g/mol. The Balaban J connectivity index is 3.03. The summed E-state index contributed by atoms with van der Waals surface area (Å²) in [6.45, 7) is 0. The maximum Gasteiger partial charge on any atom is 0.288 e. The van der Waals surface area contributed by atoms with Crippen molar-refractivity contribution in [3.8, 4) is 0 Å². The molecule has 1 aromatic carbocycles. The van der Waals surface area contributed by atoms with E-state index in [4.69, 9.17) is 34.8 Å². The van der Waals surface area contributed by atoms with Crippen LogP contribution in [0.5, 0.6) is 0 Å². The Hall–Kier alpha value is 2.14. The van der Waals surface area contributed by atoms with Gasteiger partial charge in [0.05, 0.1) is 5.03 Å². The van der Waals surface area contributed by atoms with Gasteiger partial charge in [-0.3, -0.25) is 4.55 Å². The lowest BCUT2D eigenvalue weighted by atomic mass is 9.85. The van der Waals surface area contributed by atoms with Crippen LogP contribution < -0.4 is 0 Å². The van der Waals surface area contributed by atoms with Gasteiger partial charge in [-0.1, -0.05) is 133 Å². The summed E-state index contributed by atoms with van der Waals surface area (Å²) in [7, 11) is -4.81. The van der Waals surface area contributed by atoms with E-state index in [9.17, 15) is 13.0 Å². The molecule has 0 fully saturated rings. The smallest absolute Gasteiger partial charge is 0.284 e. The van der Waals surface area contributed by atoms with E-state index in [1.165, 1.54) is 0 Å². The zero-order valence-electron chi connectivity index (χ0n) is 11.1. The van der Waals surface area contributed by atoms with Crippen LogP contribution in [0.1, 0.15) is 5.56 Å². The largest absolute Gasteiger partial charge is 0.288 e. The van der Waals surface area contributed by atoms with E-state index < -0.39 is 25.7 Å². The van der Waals surface area contributed by atoms with Crippen LogP contribution in [0, 0.1) is 0 Å². The standard InChI is InChI=1S/C12H6Br5Cl3O3S/c13-7-8(18)10(15,19)9(14,6-4-2-1-3-5-6)12(17,20)11(7,16)24(21,22)23/h1-5H,(H,21,22,23). The van der Waals surface area contributed by atoms with Gasteiger partial charge in [0.25, 0.3) is 10.1 Å². The maximum absolute atomic E-state index is 12.2. The number of halogens is 8. The number of hydrogen-bond acceptors (Lipinski definition) is 2. The maximum atomic E-state index is 12.2. The number of rotatable bonds is 2. The first kappa shape index (κ1) is 22.4. The minimum absolute atomic E-state index is 0.116. The third kappa shape index (κ3) is 2.78. The summed E-state index contributed by atoms with van der Waals surface area (Å²) < 4.78 is 26.9. The summed E-state index contributed by atoms with van der Waals surface area (Å²) in [6, 6.07) is 8.60. The molecule has 0 bridgehead atoms. The van der Waals surface area contributed by atoms with Gasteiger partial charge in [-0.15, -0.1) is 11.6 Å². The van der Waals surface area contributed by atoms with E-state index in [1.807, 2.05) is 0 Å². The second kappa shape index (κ2) is 6.88. The predicted octanol–water partition coefficient (Wildman–Crippen LogP) is 6.77. The molecule has 0 radical (unpaired) electrons. The van der Waals surface area contributed by atoms with Crippen molar-refractivity contribution in [2.45, 2.75) is 15.5 Å². The van der Waals surface area contributed by atoms with Crippen LogP contribution in [0.25, 0.3) is 0 Å². The highest BCUT2D eigenvalue weighted by atomic mass is 79.9. The molecule has 0 aromatic heterocycles. The van der Waals surface area contributed by atoms with E-state index >= 15 is 0 Å². The Morgan fingerprint density at radius 2 is 1.46 bits per heavy atom. The van der Waals surface area contributed by atoms with Crippen LogP contribution in [-0.2, 0) is 14.4 Å². The summed E-state index contributed by atoms with van der Waals surface area (Å²) in [6.07, 6.45) is 0. The Bertz CT molecular complexity index is 814. The van der Waals surface area contributed by atoms with E-state index in [-0.39, 0.29) is 9.51 Å². The molecule has 0 amide bonds. The van der Waals surface area contributed by atoms with Gasteiger partial charge in [-0.25, -0.2) is 0 Å². The van der Waals surface area contributed by atoms with Crippen molar-refractivity contribution in [2.75, 3.05) is 0 Å². The molecule has 4 unspecified atom stereocenters. The Morgan fingerprint density at radius 3 is 1.88 bits per heavy atom. The molecule has 0 heterocycles. The molecule has 0 spiro atoms. The summed E-state index contributed by atoms with van der Waals surface area (Å²) in [4.78, 5) is 0. The lowest BCUT2D eigenvalue weighted by molar-refractivity contribution is 0.439. The molecule has 24 heavy (non-hydrogen) atoms. The van der Waals surface area contributed by atoms with Crippen molar-refractivity contribution in [2.24, 2.45) is 0 Å². The number of hydrogen-bond donors (Lipinski definition) is 1. The molecule has 0 saturated carbocycles. The first-order chi connectivity index (χ1) is 10.7. The highest BCUT2D eigenvalue weighted by Gasteiger charge is 2.77. The van der Waals surface area contributed by atoms with Crippen molar-refractivity contribution in [1.29, 1.82) is 0 Å². The molecule has 2 rings (SSSR count). The topological polar surface area (TPSA) is 54.4 Å². The van der Waals surface area contributed by atoms with Gasteiger partial charge >= 0.3 is 0 Å². The monoisotopic (exact) mass is 730 g/mol. The van der Waals surface area contributed by atoms with Crippen molar-refractivity contribution in [3.63, 3.8) is 0 Å². The fourth-order valence-corrected chi connectivity index (χ4v) is 10.9. The molecule has 134 valence electrons. The van der Waals surface area contributed by atoms with Crippen LogP contribution >= 0.6 is 114 Å². The van der Waals surface area contributed by atoms with E-state index in [2.05, 4.69) is 79.6 Å². The van der Waals surface area contributed by atoms with Crippen LogP contribution in [0.2, 0.25) is 0 Å². The van der Waals surface area contributed by atoms with Gasteiger partial charge in [0.1, 0.15) is 4.32 Å². The summed E-state index contributed by atoms with van der Waals surface area (Å²) >= 11 is 35.9. The minimum atomic E-state index is -4.81. The molecule has 0 saturated heterocycles. The minimum Gasteiger partial charge on any atom is -0.284 e. The molecule has 1 N–H and O–H groups in total. The zero-order chi connectivity index (χ0) is 18.8. The molecule has 1 aromatic rings. The second-order valence-electron chi connectivity index (χ2n) is 4.87.